The van der Waals surface area contributed by atoms with Crippen LogP contribution in [0.25, 0.3) is 0 Å². The van der Waals surface area contributed by atoms with Crippen molar-refractivity contribution in [2.45, 2.75) is 45.6 Å². The number of carbonyl (C=O) groups is 2. The number of anilines is 1. The summed E-state index contributed by atoms with van der Waals surface area (Å²) in [6.07, 6.45) is 1.78. The maximum absolute atomic E-state index is 12.5. The van der Waals surface area contributed by atoms with E-state index in [9.17, 15) is 14.7 Å². The van der Waals surface area contributed by atoms with Gasteiger partial charge in [0.25, 0.3) is 5.91 Å². The van der Waals surface area contributed by atoms with Crippen LogP contribution in [-0.4, -0.2) is 16.8 Å². The normalized spacial score (nSPS) is 31.0. The maximum atomic E-state index is 12.5. The summed E-state index contributed by atoms with van der Waals surface area (Å²) < 4.78 is 0.779. The summed E-state index contributed by atoms with van der Waals surface area (Å²) in [4.78, 5) is 25.1. The summed E-state index contributed by atoms with van der Waals surface area (Å²) in [5, 5.41) is 14.0. The van der Waals surface area contributed by atoms with Gasteiger partial charge in [-0.05, 0) is 42.4 Å². The first-order valence-electron chi connectivity index (χ1n) is 8.00. The van der Waals surface area contributed by atoms with E-state index in [0.29, 0.717) is 30.0 Å². The summed E-state index contributed by atoms with van der Waals surface area (Å²) in [5.41, 5.74) is -0.624. The zero-order valence-electron chi connectivity index (χ0n) is 13.6. The Balaban J connectivity index is 2.04. The second kappa shape index (κ2) is 5.42. The molecule has 2 aliphatic rings. The van der Waals surface area contributed by atoms with Crippen molar-refractivity contribution >= 4 is 33.3 Å². The van der Waals surface area contributed by atoms with Crippen molar-refractivity contribution < 1.29 is 14.7 Å². The lowest BCUT2D eigenvalue weighted by Gasteiger charge is -2.41. The van der Waals surface area contributed by atoms with E-state index in [1.165, 1.54) is 0 Å². The molecule has 124 valence electrons. The molecule has 1 fully saturated rings. The van der Waals surface area contributed by atoms with Crippen LogP contribution < -0.4 is 5.32 Å². The number of rotatable bonds is 1. The molecule has 3 rings (SSSR count). The number of hydrogen-bond donors (Lipinski definition) is 2. The van der Waals surface area contributed by atoms with Crippen LogP contribution in [0.15, 0.2) is 22.7 Å². The van der Waals surface area contributed by atoms with Crippen LogP contribution >= 0.6 is 15.9 Å². The molecule has 1 amide bonds. The molecule has 0 spiro atoms. The van der Waals surface area contributed by atoms with Gasteiger partial charge in [0.15, 0.2) is 5.60 Å². The molecule has 1 aromatic rings. The number of ketones is 1. The van der Waals surface area contributed by atoms with Crippen molar-refractivity contribution in [3.05, 3.63) is 28.2 Å². The van der Waals surface area contributed by atoms with E-state index < -0.39 is 17.4 Å². The van der Waals surface area contributed by atoms with Gasteiger partial charge in [-0.25, -0.2) is 0 Å². The monoisotopic (exact) mass is 379 g/mol. The lowest BCUT2D eigenvalue weighted by Crippen LogP contribution is -2.49. The van der Waals surface area contributed by atoms with Crippen LogP contribution in [-0.2, 0) is 15.2 Å². The van der Waals surface area contributed by atoms with Crippen LogP contribution in [0.1, 0.15) is 45.6 Å². The van der Waals surface area contributed by atoms with E-state index in [1.807, 2.05) is 6.07 Å². The third-order valence-corrected chi connectivity index (χ3v) is 5.86. The van der Waals surface area contributed by atoms with Gasteiger partial charge in [-0.3, -0.25) is 9.59 Å². The maximum Gasteiger partial charge on any atom is 0.261 e. The van der Waals surface area contributed by atoms with Crippen LogP contribution in [0, 0.1) is 17.3 Å². The number of Topliss-reactive ketones (excluding diaryl/α,β-unsaturated/α-hetero) is 1. The average molecular weight is 380 g/mol. The average Bonchev–Trinajstić information content (AvgIpc) is 2.71. The van der Waals surface area contributed by atoms with E-state index in [0.717, 1.165) is 10.9 Å². The third-order valence-electron chi connectivity index (χ3n) is 5.36. The highest BCUT2D eigenvalue weighted by Gasteiger charge is 2.55. The minimum Gasteiger partial charge on any atom is -0.375 e. The molecule has 0 unspecified atom stereocenters. The molecule has 2 N–H and O–H groups in total. The molecule has 1 aromatic carbocycles. The Hall–Kier alpha value is -1.20. The first kappa shape index (κ1) is 16.7. The number of aliphatic hydroxyl groups is 1. The van der Waals surface area contributed by atoms with Crippen LogP contribution in [0.4, 0.5) is 5.69 Å². The number of halogens is 1. The molecule has 1 aliphatic heterocycles. The van der Waals surface area contributed by atoms with Crippen molar-refractivity contribution in [2.75, 3.05) is 5.32 Å². The number of carbonyl (C=O) groups excluding carboxylic acids is 2. The quantitative estimate of drug-likeness (QED) is 0.782. The number of fused-ring (bicyclic) bond motifs is 1. The molecule has 1 heterocycles. The summed E-state index contributed by atoms with van der Waals surface area (Å²) >= 11 is 3.38. The minimum absolute atomic E-state index is 0.0176. The second-order valence-electron chi connectivity index (χ2n) is 7.77. The fraction of sp³-hybridized carbons (Fsp3) is 0.556. The largest absolute Gasteiger partial charge is 0.375 e. The fourth-order valence-electron chi connectivity index (χ4n) is 3.84. The molecule has 4 nitrogen and oxygen atoms in total. The zero-order valence-corrected chi connectivity index (χ0v) is 15.2. The molecule has 0 bridgehead atoms. The Labute approximate surface area is 144 Å². The summed E-state index contributed by atoms with van der Waals surface area (Å²) in [7, 11) is 0. The van der Waals surface area contributed by atoms with Crippen LogP contribution in [0.5, 0.6) is 0 Å². The SMILES string of the molecule is CC(C)(C)[C@@H]1CCC(=O)[C@H]([C@]2(O)C(=O)Nc3ccc(Br)cc32)C1. The molecule has 5 heteroatoms. The van der Waals surface area contributed by atoms with Gasteiger partial charge in [0, 0.05) is 22.1 Å². The smallest absolute Gasteiger partial charge is 0.261 e. The fourth-order valence-corrected chi connectivity index (χ4v) is 4.20. The highest BCUT2D eigenvalue weighted by Crippen LogP contribution is 2.49. The van der Waals surface area contributed by atoms with Gasteiger partial charge in [-0.1, -0.05) is 36.7 Å². The number of benzene rings is 1. The number of amides is 1. The Morgan fingerprint density at radius 3 is 2.65 bits per heavy atom. The van der Waals surface area contributed by atoms with Crippen molar-refractivity contribution in [1.29, 1.82) is 0 Å². The molecular formula is C18H22BrNO3. The number of nitrogens with one attached hydrogen (secondary N) is 1. The van der Waals surface area contributed by atoms with E-state index in [1.54, 1.807) is 12.1 Å². The van der Waals surface area contributed by atoms with Gasteiger partial charge in [0.1, 0.15) is 5.78 Å². The van der Waals surface area contributed by atoms with Gasteiger partial charge in [-0.15, -0.1) is 0 Å². The summed E-state index contributed by atoms with van der Waals surface area (Å²) in [5.74, 6) is -0.885. The Morgan fingerprint density at radius 1 is 1.30 bits per heavy atom. The van der Waals surface area contributed by atoms with Crippen LogP contribution in [0.3, 0.4) is 0 Å². The highest BCUT2D eigenvalue weighted by atomic mass is 79.9. The first-order chi connectivity index (χ1) is 10.6. The minimum atomic E-state index is -1.76. The lowest BCUT2D eigenvalue weighted by atomic mass is 9.63. The van der Waals surface area contributed by atoms with Gasteiger partial charge >= 0.3 is 0 Å². The van der Waals surface area contributed by atoms with Crippen molar-refractivity contribution in [2.24, 2.45) is 17.3 Å². The van der Waals surface area contributed by atoms with Gasteiger partial charge in [0.05, 0.1) is 5.92 Å². The van der Waals surface area contributed by atoms with Crippen molar-refractivity contribution in [3.8, 4) is 0 Å². The molecule has 1 aliphatic carbocycles. The predicted molar refractivity (Wildman–Crippen MR) is 92.0 cm³/mol. The Kier molecular flexibility index (Phi) is 3.92. The second-order valence-corrected chi connectivity index (χ2v) is 8.68. The van der Waals surface area contributed by atoms with E-state index in [2.05, 4.69) is 42.0 Å². The Morgan fingerprint density at radius 2 is 2.00 bits per heavy atom. The zero-order chi connectivity index (χ0) is 17.0. The number of hydrogen-bond acceptors (Lipinski definition) is 3. The van der Waals surface area contributed by atoms with E-state index >= 15 is 0 Å². The first-order valence-corrected chi connectivity index (χ1v) is 8.80. The topological polar surface area (TPSA) is 66.4 Å². The molecule has 1 saturated carbocycles. The summed E-state index contributed by atoms with van der Waals surface area (Å²) in [6.45, 7) is 6.44. The molecule has 3 atom stereocenters. The third kappa shape index (κ3) is 2.64. The molecule has 0 aromatic heterocycles. The van der Waals surface area contributed by atoms with Gasteiger partial charge in [-0.2, -0.15) is 0 Å². The summed E-state index contributed by atoms with van der Waals surface area (Å²) in [6, 6.07) is 5.30. The highest BCUT2D eigenvalue weighted by molar-refractivity contribution is 9.10. The predicted octanol–water partition coefficient (Wildman–Crippen LogP) is 3.62. The molecule has 23 heavy (non-hydrogen) atoms. The molecule has 0 radical (unpaired) electrons. The molecule has 0 saturated heterocycles. The van der Waals surface area contributed by atoms with E-state index in [-0.39, 0.29) is 11.2 Å². The standard InChI is InChI=1S/C18H22BrNO3/c1-17(2,3)10-4-7-15(21)13(8-10)18(23)12-9-11(19)5-6-14(12)20-16(18)22/h5-6,9-10,13,23H,4,7-8H2,1-3H3,(H,20,22)/t10-,13-,18+/m1/s1. The lowest BCUT2D eigenvalue weighted by molar-refractivity contribution is -0.153. The van der Waals surface area contributed by atoms with Crippen LogP contribution in [0.2, 0.25) is 0 Å². The van der Waals surface area contributed by atoms with Gasteiger partial charge in [0.2, 0.25) is 0 Å². The molecular weight excluding hydrogens is 358 g/mol. The Bertz CT molecular complexity index is 679. The van der Waals surface area contributed by atoms with Crippen molar-refractivity contribution in [1.82, 2.24) is 0 Å². The van der Waals surface area contributed by atoms with E-state index in [4.69, 9.17) is 0 Å². The van der Waals surface area contributed by atoms with Gasteiger partial charge < -0.3 is 10.4 Å². The van der Waals surface area contributed by atoms with Crippen molar-refractivity contribution in [3.63, 3.8) is 0 Å².